The van der Waals surface area contributed by atoms with Gasteiger partial charge >= 0.3 is 12.1 Å². The molecule has 0 atom stereocenters. The van der Waals surface area contributed by atoms with E-state index in [2.05, 4.69) is 64.9 Å². The maximum Gasteiger partial charge on any atom is 0.490 e. The Morgan fingerprint density at radius 3 is 2.29 bits per heavy atom. The lowest BCUT2D eigenvalue weighted by Crippen LogP contribution is -2.27. The van der Waals surface area contributed by atoms with Crippen LogP contribution in [0, 0.1) is 5.41 Å². The number of anilines is 1. The second kappa shape index (κ2) is 10.5. The molecule has 0 amide bonds. The molecule has 1 aromatic carbocycles. The molecule has 0 fully saturated rings. The summed E-state index contributed by atoms with van der Waals surface area (Å²) in [4.78, 5) is 11.0. The third-order valence-corrected chi connectivity index (χ3v) is 5.31. The molecule has 0 saturated carbocycles. The zero-order valence-corrected chi connectivity index (χ0v) is 19.3. The van der Waals surface area contributed by atoms with Crippen LogP contribution in [0.5, 0.6) is 0 Å². The van der Waals surface area contributed by atoms with Gasteiger partial charge in [-0.15, -0.1) is 0 Å². The largest absolute Gasteiger partial charge is 0.490 e. The van der Waals surface area contributed by atoms with Crippen LogP contribution in [0.15, 0.2) is 24.3 Å². The predicted octanol–water partition coefficient (Wildman–Crippen LogP) is 5.31. The Morgan fingerprint density at radius 2 is 1.84 bits per heavy atom. The summed E-state index contributed by atoms with van der Waals surface area (Å²) in [6.45, 7) is 10.6. The number of ether oxygens (including phenoxy) is 1. The summed E-state index contributed by atoms with van der Waals surface area (Å²) >= 11 is 0. The lowest BCUT2D eigenvalue weighted by molar-refractivity contribution is -0.192. The maximum atomic E-state index is 10.6. The number of nitrogens with two attached hydrogens (primary N) is 1. The van der Waals surface area contributed by atoms with Gasteiger partial charge in [0.2, 0.25) is 0 Å². The lowest BCUT2D eigenvalue weighted by Gasteiger charge is -2.31. The number of carboxylic acid groups (broad SMARTS) is 1. The van der Waals surface area contributed by atoms with E-state index in [0.717, 1.165) is 31.7 Å². The third-order valence-electron chi connectivity index (χ3n) is 5.31. The molecule has 0 unspecified atom stereocenters. The molecule has 176 valence electrons. The second-order valence-corrected chi connectivity index (χ2v) is 9.36. The van der Waals surface area contributed by atoms with Crippen molar-refractivity contribution >= 4 is 17.2 Å². The van der Waals surface area contributed by atoms with Crippen LogP contribution in [-0.4, -0.2) is 49.4 Å². The first-order valence-corrected chi connectivity index (χ1v) is 10.2. The van der Waals surface area contributed by atoms with Gasteiger partial charge in [0.05, 0.1) is 12.2 Å². The van der Waals surface area contributed by atoms with Crippen LogP contribution in [0.4, 0.5) is 18.9 Å². The van der Waals surface area contributed by atoms with Crippen LogP contribution in [-0.2, 0) is 15.1 Å². The molecule has 1 aromatic rings. The van der Waals surface area contributed by atoms with Gasteiger partial charge in [0.1, 0.15) is 0 Å². The molecule has 0 saturated heterocycles. The Labute approximate surface area is 183 Å². The quantitative estimate of drug-likeness (QED) is 0.582. The highest BCUT2D eigenvalue weighted by Crippen LogP contribution is 2.40. The highest BCUT2D eigenvalue weighted by molar-refractivity contribution is 5.76. The molecule has 3 N–H and O–H groups in total. The van der Waals surface area contributed by atoms with E-state index < -0.39 is 12.1 Å². The Kier molecular flexibility index (Phi) is 9.14. The Hall–Kier alpha value is -2.06. The van der Waals surface area contributed by atoms with Crippen molar-refractivity contribution in [1.29, 1.82) is 0 Å². The molecule has 0 heterocycles. The number of rotatable bonds is 6. The van der Waals surface area contributed by atoms with E-state index in [1.54, 1.807) is 0 Å². The average molecular weight is 445 g/mol. The van der Waals surface area contributed by atoms with Crippen molar-refractivity contribution in [3.05, 3.63) is 35.4 Å². The van der Waals surface area contributed by atoms with Gasteiger partial charge in [-0.1, -0.05) is 26.0 Å². The van der Waals surface area contributed by atoms with E-state index in [1.807, 2.05) is 6.07 Å². The molecular weight excluding hydrogens is 409 g/mol. The van der Waals surface area contributed by atoms with Crippen LogP contribution < -0.4 is 5.73 Å². The zero-order valence-electron chi connectivity index (χ0n) is 19.3. The SMILES string of the molecule is CN(C)CCOC(C)(C)c1ccc(N)c(C2=CCC(C)(C)CC2)c1.O=C(O)C(F)(F)F. The number of carbonyl (C=O) groups is 1. The van der Waals surface area contributed by atoms with Gasteiger partial charge in [0.25, 0.3) is 0 Å². The molecule has 8 heteroatoms. The van der Waals surface area contributed by atoms with Gasteiger partial charge in [-0.05, 0) is 75.9 Å². The highest BCUT2D eigenvalue weighted by Gasteiger charge is 2.38. The number of benzene rings is 1. The third kappa shape index (κ3) is 8.91. The number of hydrogen-bond donors (Lipinski definition) is 2. The number of carboxylic acids is 1. The number of likely N-dealkylation sites (N-methyl/N-ethyl adjacent to an activating group) is 1. The minimum absolute atomic E-state index is 0.313. The summed E-state index contributed by atoms with van der Waals surface area (Å²) in [6.07, 6.45) is 0.724. The fourth-order valence-corrected chi connectivity index (χ4v) is 3.10. The van der Waals surface area contributed by atoms with E-state index >= 15 is 0 Å². The molecule has 0 bridgehead atoms. The first kappa shape index (κ1) is 27.0. The molecular formula is C23H35F3N2O3. The topological polar surface area (TPSA) is 75.8 Å². The van der Waals surface area contributed by atoms with Gasteiger partial charge in [-0.3, -0.25) is 0 Å². The fourth-order valence-electron chi connectivity index (χ4n) is 3.10. The first-order valence-electron chi connectivity index (χ1n) is 10.2. The molecule has 1 aliphatic carbocycles. The number of allylic oxidation sites excluding steroid dienone is 2. The van der Waals surface area contributed by atoms with Crippen LogP contribution in [0.1, 0.15) is 58.1 Å². The summed E-state index contributed by atoms with van der Waals surface area (Å²) in [5, 5.41) is 7.12. The molecule has 5 nitrogen and oxygen atoms in total. The summed E-state index contributed by atoms with van der Waals surface area (Å²) in [7, 11) is 4.13. The predicted molar refractivity (Wildman–Crippen MR) is 118 cm³/mol. The standard InChI is InChI=1S/C21H34N2O.C2HF3O2/c1-20(2)11-9-16(10-12-20)18-15-17(7-8-19(18)22)21(3,4)24-14-13-23(5)6;3-2(4,5)1(6)7/h7-9,15H,10-14,22H2,1-6H3;(H,6,7). The van der Waals surface area contributed by atoms with E-state index in [9.17, 15) is 13.2 Å². The molecule has 0 spiro atoms. The van der Waals surface area contributed by atoms with Crippen molar-refractivity contribution in [2.45, 2.75) is 58.7 Å². The smallest absolute Gasteiger partial charge is 0.475 e. The van der Waals surface area contributed by atoms with Gasteiger partial charge in [0, 0.05) is 17.8 Å². The van der Waals surface area contributed by atoms with Gasteiger partial charge in [-0.25, -0.2) is 4.79 Å². The Balaban J connectivity index is 0.000000592. The number of hydrogen-bond acceptors (Lipinski definition) is 4. The van der Waals surface area contributed by atoms with E-state index in [1.165, 1.54) is 23.1 Å². The Bertz CT molecular complexity index is 785. The van der Waals surface area contributed by atoms with Crippen LogP contribution in [0.2, 0.25) is 0 Å². The second-order valence-electron chi connectivity index (χ2n) is 9.36. The monoisotopic (exact) mass is 444 g/mol. The number of alkyl halides is 3. The van der Waals surface area contributed by atoms with E-state index in [0.29, 0.717) is 5.41 Å². The minimum atomic E-state index is -5.08. The van der Waals surface area contributed by atoms with Crippen LogP contribution >= 0.6 is 0 Å². The molecule has 1 aliphatic rings. The molecule has 31 heavy (non-hydrogen) atoms. The average Bonchev–Trinajstić information content (AvgIpc) is 2.61. The van der Waals surface area contributed by atoms with Crippen molar-refractivity contribution in [2.24, 2.45) is 5.41 Å². The number of nitrogen functional groups attached to an aromatic ring is 1. The van der Waals surface area contributed by atoms with Crippen LogP contribution in [0.3, 0.4) is 0 Å². The van der Waals surface area contributed by atoms with E-state index in [-0.39, 0.29) is 5.60 Å². The van der Waals surface area contributed by atoms with Crippen molar-refractivity contribution in [3.8, 4) is 0 Å². The summed E-state index contributed by atoms with van der Waals surface area (Å²) < 4.78 is 37.9. The van der Waals surface area contributed by atoms with Crippen molar-refractivity contribution in [1.82, 2.24) is 4.90 Å². The summed E-state index contributed by atoms with van der Waals surface area (Å²) in [5.41, 5.74) is 11.0. The number of nitrogens with zero attached hydrogens (tertiary/aromatic N) is 1. The van der Waals surface area contributed by atoms with E-state index in [4.69, 9.17) is 20.4 Å². The van der Waals surface area contributed by atoms with Crippen molar-refractivity contribution in [3.63, 3.8) is 0 Å². The van der Waals surface area contributed by atoms with Gasteiger partial charge in [0.15, 0.2) is 0 Å². The molecule has 0 aromatic heterocycles. The number of halogens is 3. The van der Waals surface area contributed by atoms with Crippen molar-refractivity contribution in [2.75, 3.05) is 33.0 Å². The molecule has 0 radical (unpaired) electrons. The minimum Gasteiger partial charge on any atom is -0.475 e. The fraction of sp³-hybridized carbons (Fsp3) is 0.609. The first-order chi connectivity index (χ1) is 14.0. The van der Waals surface area contributed by atoms with Crippen molar-refractivity contribution < 1.29 is 27.8 Å². The molecule has 2 rings (SSSR count). The summed E-state index contributed by atoms with van der Waals surface area (Å²) in [5.74, 6) is -2.76. The maximum absolute atomic E-state index is 10.6. The lowest BCUT2D eigenvalue weighted by atomic mass is 9.76. The normalized spacial score (nSPS) is 16.4. The highest BCUT2D eigenvalue weighted by atomic mass is 19.4. The molecule has 0 aliphatic heterocycles. The van der Waals surface area contributed by atoms with Gasteiger partial charge < -0.3 is 20.5 Å². The Morgan fingerprint density at radius 1 is 1.26 bits per heavy atom. The van der Waals surface area contributed by atoms with Crippen LogP contribution in [0.25, 0.3) is 5.57 Å². The summed E-state index contributed by atoms with van der Waals surface area (Å²) in [6, 6.07) is 6.36. The van der Waals surface area contributed by atoms with Gasteiger partial charge in [-0.2, -0.15) is 13.2 Å². The zero-order chi connectivity index (χ0) is 24.0. The number of aliphatic carboxylic acids is 1.